The third kappa shape index (κ3) is 4.41. The van der Waals surface area contributed by atoms with Gasteiger partial charge in [-0.1, -0.05) is 12.1 Å². The average Bonchev–Trinajstić information content (AvgIpc) is 2.57. The molecule has 0 amide bonds. The van der Waals surface area contributed by atoms with Gasteiger partial charge in [0, 0.05) is 23.5 Å². The molecule has 0 aliphatic heterocycles. The van der Waals surface area contributed by atoms with Gasteiger partial charge in [0.1, 0.15) is 0 Å². The Bertz CT molecular complexity index is 811. The number of carbonyl (C=O) groups is 1. The van der Waals surface area contributed by atoms with E-state index in [-0.39, 0.29) is 23.0 Å². The molecule has 0 aliphatic carbocycles. The third-order valence-corrected chi connectivity index (χ3v) is 4.85. The lowest BCUT2D eigenvalue weighted by Gasteiger charge is -2.11. The Hall–Kier alpha value is -1.74. The summed E-state index contributed by atoms with van der Waals surface area (Å²) in [4.78, 5) is 15.9. The van der Waals surface area contributed by atoms with Crippen molar-refractivity contribution in [2.75, 3.05) is 27.2 Å². The Morgan fingerprint density at radius 1 is 1.21 bits per heavy atom. The first-order valence-corrected chi connectivity index (χ1v) is 8.60. The Kier molecular flexibility index (Phi) is 7.56. The number of sulfonamides is 1. The summed E-state index contributed by atoms with van der Waals surface area (Å²) < 4.78 is 32.2. The highest BCUT2D eigenvalue weighted by molar-refractivity contribution is 7.89. The molecule has 132 valence electrons. The maximum atomic E-state index is 12.5. The minimum atomic E-state index is -3.67. The molecule has 0 bridgehead atoms. The molecule has 9 heteroatoms. The van der Waals surface area contributed by atoms with Crippen LogP contribution >= 0.6 is 12.4 Å². The molecule has 24 heavy (non-hydrogen) atoms. The summed E-state index contributed by atoms with van der Waals surface area (Å²) in [5.74, 6) is -0.605. The Morgan fingerprint density at radius 3 is 2.62 bits per heavy atom. The lowest BCUT2D eigenvalue weighted by molar-refractivity contribution is 0.0596. The minimum Gasteiger partial charge on any atom is -0.464 e. The van der Waals surface area contributed by atoms with Crippen LogP contribution in [0.2, 0.25) is 0 Å². The third-order valence-electron chi connectivity index (χ3n) is 3.33. The van der Waals surface area contributed by atoms with Crippen molar-refractivity contribution in [3.8, 4) is 0 Å². The second kappa shape index (κ2) is 8.93. The van der Waals surface area contributed by atoms with Gasteiger partial charge in [-0.3, -0.25) is 0 Å². The van der Waals surface area contributed by atoms with Crippen molar-refractivity contribution in [3.05, 3.63) is 36.2 Å². The SMILES string of the molecule is CNCCCNS(=O)(=O)c1cccc2c(C(=O)OC)nccc12.Cl. The van der Waals surface area contributed by atoms with Crippen LogP contribution in [0, 0.1) is 0 Å². The van der Waals surface area contributed by atoms with Crippen molar-refractivity contribution >= 4 is 39.2 Å². The normalized spacial score (nSPS) is 11.1. The van der Waals surface area contributed by atoms with Gasteiger partial charge in [-0.15, -0.1) is 12.4 Å². The highest BCUT2D eigenvalue weighted by Crippen LogP contribution is 2.24. The summed E-state index contributed by atoms with van der Waals surface area (Å²) in [6.07, 6.45) is 2.07. The van der Waals surface area contributed by atoms with Crippen molar-refractivity contribution in [3.63, 3.8) is 0 Å². The fourth-order valence-corrected chi connectivity index (χ4v) is 3.52. The van der Waals surface area contributed by atoms with Crippen LogP contribution in [-0.2, 0) is 14.8 Å². The molecule has 2 N–H and O–H groups in total. The number of esters is 1. The van der Waals surface area contributed by atoms with Crippen molar-refractivity contribution in [1.29, 1.82) is 0 Å². The van der Waals surface area contributed by atoms with E-state index >= 15 is 0 Å². The molecule has 0 unspecified atom stereocenters. The number of hydrogen-bond donors (Lipinski definition) is 2. The van der Waals surface area contributed by atoms with Gasteiger partial charge in [-0.05, 0) is 32.1 Å². The molecule has 1 aromatic heterocycles. The van der Waals surface area contributed by atoms with E-state index in [1.807, 2.05) is 0 Å². The van der Waals surface area contributed by atoms with Gasteiger partial charge >= 0.3 is 5.97 Å². The van der Waals surface area contributed by atoms with E-state index in [4.69, 9.17) is 0 Å². The number of benzene rings is 1. The number of pyridine rings is 1. The number of nitrogens with zero attached hydrogens (tertiary/aromatic N) is 1. The highest BCUT2D eigenvalue weighted by atomic mass is 35.5. The van der Waals surface area contributed by atoms with Crippen molar-refractivity contribution in [1.82, 2.24) is 15.0 Å². The zero-order valence-electron chi connectivity index (χ0n) is 13.4. The number of nitrogens with one attached hydrogen (secondary N) is 2. The van der Waals surface area contributed by atoms with Gasteiger partial charge in [0.2, 0.25) is 10.0 Å². The van der Waals surface area contributed by atoms with Gasteiger partial charge in [0.05, 0.1) is 12.0 Å². The smallest absolute Gasteiger partial charge is 0.357 e. The molecule has 1 heterocycles. The molecule has 0 radical (unpaired) electrons. The molecule has 0 saturated carbocycles. The molecular weight excluding hydrogens is 354 g/mol. The van der Waals surface area contributed by atoms with Crippen LogP contribution in [0.3, 0.4) is 0 Å². The van der Waals surface area contributed by atoms with E-state index in [1.165, 1.54) is 19.4 Å². The summed E-state index contributed by atoms with van der Waals surface area (Å²) in [7, 11) is -0.611. The maximum absolute atomic E-state index is 12.5. The number of carbonyl (C=O) groups excluding carboxylic acids is 1. The topological polar surface area (TPSA) is 97.4 Å². The van der Waals surface area contributed by atoms with Crippen LogP contribution < -0.4 is 10.0 Å². The van der Waals surface area contributed by atoms with E-state index in [9.17, 15) is 13.2 Å². The molecule has 2 rings (SSSR count). The first-order valence-electron chi connectivity index (χ1n) is 7.11. The largest absolute Gasteiger partial charge is 0.464 e. The van der Waals surface area contributed by atoms with Crippen molar-refractivity contribution in [2.45, 2.75) is 11.3 Å². The molecular formula is C15H20ClN3O4S. The fraction of sp³-hybridized carbons (Fsp3) is 0.333. The summed E-state index contributed by atoms with van der Waals surface area (Å²) in [6, 6.07) is 6.31. The highest BCUT2D eigenvalue weighted by Gasteiger charge is 2.20. The first-order chi connectivity index (χ1) is 11.0. The number of fused-ring (bicyclic) bond motifs is 1. The van der Waals surface area contributed by atoms with Crippen LogP contribution in [-0.4, -0.2) is 46.6 Å². The minimum absolute atomic E-state index is 0. The second-order valence-electron chi connectivity index (χ2n) is 4.86. The van der Waals surface area contributed by atoms with E-state index in [0.717, 1.165) is 0 Å². The molecule has 0 saturated heterocycles. The molecule has 0 spiro atoms. The van der Waals surface area contributed by atoms with Gasteiger partial charge in [0.15, 0.2) is 5.69 Å². The molecule has 7 nitrogen and oxygen atoms in total. The summed E-state index contributed by atoms with van der Waals surface area (Å²) >= 11 is 0. The molecule has 0 aliphatic rings. The Balaban J connectivity index is 0.00000288. The van der Waals surface area contributed by atoms with Gasteiger partial charge < -0.3 is 10.1 Å². The molecule has 0 fully saturated rings. The number of hydrogen-bond acceptors (Lipinski definition) is 6. The fourth-order valence-electron chi connectivity index (χ4n) is 2.22. The van der Waals surface area contributed by atoms with Crippen molar-refractivity contribution < 1.29 is 17.9 Å². The zero-order chi connectivity index (χ0) is 16.9. The van der Waals surface area contributed by atoms with Gasteiger partial charge in [0.25, 0.3) is 0 Å². The maximum Gasteiger partial charge on any atom is 0.357 e. The standard InChI is InChI=1S/C15H19N3O4S.ClH/c1-16-8-4-9-18-23(20,21)13-6-3-5-12-11(13)7-10-17-14(12)15(19)22-2;/h3,5-7,10,16,18H,4,8-9H2,1-2H3;1H. The van der Waals surface area contributed by atoms with Crippen LogP contribution in [0.4, 0.5) is 0 Å². The lowest BCUT2D eigenvalue weighted by atomic mass is 10.1. The molecule has 1 aromatic carbocycles. The first kappa shape index (κ1) is 20.3. The van der Waals surface area contributed by atoms with Gasteiger partial charge in [-0.2, -0.15) is 0 Å². The van der Waals surface area contributed by atoms with Crippen LogP contribution in [0.5, 0.6) is 0 Å². The summed E-state index contributed by atoms with van der Waals surface area (Å²) in [6.45, 7) is 1.04. The number of aromatic nitrogens is 1. The number of ether oxygens (including phenoxy) is 1. The molecule has 2 aromatic rings. The Labute approximate surface area is 147 Å². The number of halogens is 1. The van der Waals surface area contributed by atoms with Crippen LogP contribution in [0.1, 0.15) is 16.9 Å². The van der Waals surface area contributed by atoms with E-state index in [2.05, 4.69) is 19.8 Å². The van der Waals surface area contributed by atoms with Gasteiger partial charge in [-0.25, -0.2) is 22.9 Å². The Morgan fingerprint density at radius 2 is 1.96 bits per heavy atom. The van der Waals surface area contributed by atoms with Crippen LogP contribution in [0.15, 0.2) is 35.4 Å². The average molecular weight is 374 g/mol. The van der Waals surface area contributed by atoms with E-state index < -0.39 is 16.0 Å². The van der Waals surface area contributed by atoms with E-state index in [1.54, 1.807) is 25.2 Å². The van der Waals surface area contributed by atoms with E-state index in [0.29, 0.717) is 30.3 Å². The quantitative estimate of drug-likeness (QED) is 0.561. The van der Waals surface area contributed by atoms with Crippen LogP contribution in [0.25, 0.3) is 10.8 Å². The monoisotopic (exact) mass is 373 g/mol. The summed E-state index contributed by atoms with van der Waals surface area (Å²) in [5, 5.41) is 3.83. The van der Waals surface area contributed by atoms with Crippen molar-refractivity contribution in [2.24, 2.45) is 0 Å². The predicted molar refractivity (Wildman–Crippen MR) is 94.1 cm³/mol. The predicted octanol–water partition coefficient (Wildman–Crippen LogP) is 1.33. The number of rotatable bonds is 7. The number of methoxy groups -OCH3 is 1. The molecule has 0 atom stereocenters. The lowest BCUT2D eigenvalue weighted by Crippen LogP contribution is -2.27. The summed E-state index contributed by atoms with van der Waals surface area (Å²) in [5.41, 5.74) is 0.0947. The zero-order valence-corrected chi connectivity index (χ0v) is 15.0. The second-order valence-corrected chi connectivity index (χ2v) is 6.59.